The van der Waals surface area contributed by atoms with Gasteiger partial charge in [-0.2, -0.15) is 0 Å². The molecule has 0 amide bonds. The Balaban J connectivity index is 1.78. The fourth-order valence-electron chi connectivity index (χ4n) is 3.00. The van der Waals surface area contributed by atoms with Crippen LogP contribution in [-0.4, -0.2) is 18.8 Å². The van der Waals surface area contributed by atoms with E-state index in [1.54, 1.807) is 7.11 Å². The van der Waals surface area contributed by atoms with Crippen molar-refractivity contribution in [2.75, 3.05) is 7.11 Å². The number of hydrogen-bond acceptors (Lipinski definition) is 3. The molecule has 0 aromatic heterocycles. The Bertz CT molecular complexity index is 480. The first kappa shape index (κ1) is 12.8. The Morgan fingerprint density at radius 3 is 2.84 bits per heavy atom. The van der Waals surface area contributed by atoms with Gasteiger partial charge in [0.1, 0.15) is 17.6 Å². The van der Waals surface area contributed by atoms with Gasteiger partial charge >= 0.3 is 0 Å². The van der Waals surface area contributed by atoms with Gasteiger partial charge in [0.2, 0.25) is 0 Å². The minimum Gasteiger partial charge on any atom is -0.496 e. The second kappa shape index (κ2) is 4.71. The number of fused-ring (bicyclic) bond motifs is 1. The summed E-state index contributed by atoms with van der Waals surface area (Å²) < 4.78 is 11.4. The zero-order chi connectivity index (χ0) is 13.5. The first-order valence-corrected chi connectivity index (χ1v) is 7.21. The molecule has 1 aliphatic heterocycles. The minimum absolute atomic E-state index is 0.284. The second-order valence-corrected chi connectivity index (χ2v) is 6.17. The molecule has 1 N–H and O–H groups in total. The number of benzene rings is 1. The number of rotatable bonds is 4. The van der Waals surface area contributed by atoms with E-state index in [1.165, 1.54) is 30.4 Å². The van der Waals surface area contributed by atoms with Gasteiger partial charge in [-0.15, -0.1) is 0 Å². The normalized spacial score (nSPS) is 23.4. The Hall–Kier alpha value is -1.22. The predicted molar refractivity (Wildman–Crippen MR) is 75.9 cm³/mol. The van der Waals surface area contributed by atoms with Crippen LogP contribution in [-0.2, 0) is 13.0 Å². The van der Waals surface area contributed by atoms with Crippen LogP contribution in [0.15, 0.2) is 12.1 Å². The molecule has 1 aromatic rings. The molecule has 1 aromatic carbocycles. The summed E-state index contributed by atoms with van der Waals surface area (Å²) in [6.07, 6.45) is 5.15. The average Bonchev–Trinajstić information content (AvgIpc) is 2.71. The van der Waals surface area contributed by atoms with E-state index >= 15 is 0 Å². The number of methoxy groups -OCH3 is 1. The van der Waals surface area contributed by atoms with Gasteiger partial charge in [0.25, 0.3) is 0 Å². The number of ether oxygens (including phenoxy) is 2. The monoisotopic (exact) mass is 261 g/mol. The lowest BCUT2D eigenvalue weighted by molar-refractivity contribution is 0.205. The highest BCUT2D eigenvalue weighted by Gasteiger charge is 2.31. The molecule has 1 saturated carbocycles. The number of nitrogens with one attached hydrogen (secondary N) is 1. The third-order valence-electron chi connectivity index (χ3n) is 4.46. The van der Waals surface area contributed by atoms with Gasteiger partial charge in [-0.3, -0.25) is 0 Å². The Morgan fingerprint density at radius 1 is 1.42 bits per heavy atom. The lowest BCUT2D eigenvalue weighted by Crippen LogP contribution is -2.47. The first-order chi connectivity index (χ1) is 9.09. The van der Waals surface area contributed by atoms with E-state index in [-0.39, 0.29) is 6.10 Å². The third kappa shape index (κ3) is 2.44. The van der Waals surface area contributed by atoms with Gasteiger partial charge in [-0.25, -0.2) is 0 Å². The van der Waals surface area contributed by atoms with Gasteiger partial charge in [-0.05, 0) is 45.2 Å². The topological polar surface area (TPSA) is 30.5 Å². The van der Waals surface area contributed by atoms with E-state index in [2.05, 4.69) is 31.3 Å². The van der Waals surface area contributed by atoms with Crippen LogP contribution in [0.2, 0.25) is 0 Å². The maximum atomic E-state index is 5.84. The van der Waals surface area contributed by atoms with Crippen molar-refractivity contribution >= 4 is 0 Å². The van der Waals surface area contributed by atoms with Crippen molar-refractivity contribution in [3.8, 4) is 11.5 Å². The molecule has 3 heteroatoms. The third-order valence-corrected chi connectivity index (χ3v) is 4.46. The summed E-state index contributed by atoms with van der Waals surface area (Å²) in [5.74, 6) is 2.01. The molecule has 2 aliphatic rings. The van der Waals surface area contributed by atoms with Crippen molar-refractivity contribution < 1.29 is 9.47 Å². The Morgan fingerprint density at radius 2 is 2.21 bits per heavy atom. The Kier molecular flexibility index (Phi) is 3.17. The van der Waals surface area contributed by atoms with Crippen LogP contribution >= 0.6 is 0 Å². The molecule has 1 aliphatic carbocycles. The lowest BCUT2D eigenvalue weighted by atomic mass is 9.78. The van der Waals surface area contributed by atoms with E-state index in [0.29, 0.717) is 5.54 Å². The quantitative estimate of drug-likeness (QED) is 0.903. The van der Waals surface area contributed by atoms with Crippen molar-refractivity contribution in [1.29, 1.82) is 0 Å². The summed E-state index contributed by atoms with van der Waals surface area (Å²) in [5, 5.41) is 3.65. The molecular weight excluding hydrogens is 238 g/mol. The van der Waals surface area contributed by atoms with Crippen LogP contribution in [0, 0.1) is 0 Å². The predicted octanol–water partition coefficient (Wildman–Crippen LogP) is 3.05. The molecule has 3 nitrogen and oxygen atoms in total. The van der Waals surface area contributed by atoms with Crippen LogP contribution in [0.5, 0.6) is 11.5 Å². The molecule has 1 unspecified atom stereocenters. The minimum atomic E-state index is 0.284. The fraction of sp³-hybridized carbons (Fsp3) is 0.625. The molecule has 0 radical (unpaired) electrons. The summed E-state index contributed by atoms with van der Waals surface area (Å²) in [5.41, 5.74) is 2.78. The molecule has 19 heavy (non-hydrogen) atoms. The van der Waals surface area contributed by atoms with Crippen LogP contribution in [0.1, 0.15) is 44.2 Å². The van der Waals surface area contributed by atoms with Gasteiger partial charge in [-0.1, -0.05) is 0 Å². The van der Waals surface area contributed by atoms with Gasteiger partial charge in [0, 0.05) is 29.6 Å². The zero-order valence-corrected chi connectivity index (χ0v) is 12.1. The second-order valence-electron chi connectivity index (χ2n) is 6.17. The van der Waals surface area contributed by atoms with Crippen LogP contribution < -0.4 is 14.8 Å². The van der Waals surface area contributed by atoms with Crippen molar-refractivity contribution in [1.82, 2.24) is 5.32 Å². The molecule has 0 spiro atoms. The van der Waals surface area contributed by atoms with E-state index in [1.807, 2.05) is 0 Å². The molecule has 1 atom stereocenters. The highest BCUT2D eigenvalue weighted by molar-refractivity contribution is 5.48. The highest BCUT2D eigenvalue weighted by Crippen LogP contribution is 2.36. The molecule has 3 rings (SSSR count). The zero-order valence-electron chi connectivity index (χ0n) is 12.1. The summed E-state index contributed by atoms with van der Waals surface area (Å²) in [6.45, 7) is 5.26. The smallest absolute Gasteiger partial charge is 0.123 e. The van der Waals surface area contributed by atoms with Gasteiger partial charge < -0.3 is 14.8 Å². The molecule has 1 fully saturated rings. The van der Waals surface area contributed by atoms with E-state index in [0.717, 1.165) is 24.5 Å². The van der Waals surface area contributed by atoms with Crippen LogP contribution in [0.3, 0.4) is 0 Å². The SMILES string of the molecule is COc1cc2c(cc1CNC1(C)CCC1)OC(C)C2. The van der Waals surface area contributed by atoms with Crippen molar-refractivity contribution in [3.05, 3.63) is 23.3 Å². The first-order valence-electron chi connectivity index (χ1n) is 7.21. The van der Waals surface area contributed by atoms with Crippen molar-refractivity contribution in [2.45, 2.75) is 57.7 Å². The van der Waals surface area contributed by atoms with Crippen LogP contribution in [0.25, 0.3) is 0 Å². The molecule has 0 saturated heterocycles. The largest absolute Gasteiger partial charge is 0.496 e. The van der Waals surface area contributed by atoms with Gasteiger partial charge in [0.15, 0.2) is 0 Å². The van der Waals surface area contributed by atoms with E-state index in [4.69, 9.17) is 9.47 Å². The summed E-state index contributed by atoms with van der Waals surface area (Å²) >= 11 is 0. The molecular formula is C16H23NO2. The maximum Gasteiger partial charge on any atom is 0.123 e. The Labute approximate surface area is 115 Å². The molecule has 1 heterocycles. The summed E-state index contributed by atoms with van der Waals surface area (Å²) in [4.78, 5) is 0. The maximum absolute atomic E-state index is 5.84. The number of hydrogen-bond donors (Lipinski definition) is 1. The van der Waals surface area contributed by atoms with Crippen molar-refractivity contribution in [3.63, 3.8) is 0 Å². The van der Waals surface area contributed by atoms with E-state index in [9.17, 15) is 0 Å². The van der Waals surface area contributed by atoms with Gasteiger partial charge in [0.05, 0.1) is 7.11 Å². The van der Waals surface area contributed by atoms with E-state index < -0.39 is 0 Å². The lowest BCUT2D eigenvalue weighted by Gasteiger charge is -2.39. The summed E-state index contributed by atoms with van der Waals surface area (Å²) in [7, 11) is 1.75. The highest BCUT2D eigenvalue weighted by atomic mass is 16.5. The summed E-state index contributed by atoms with van der Waals surface area (Å²) in [6, 6.07) is 4.28. The standard InChI is InChI=1S/C16H23NO2/c1-11-7-12-8-14(18-3)13(9-15(12)19-11)10-17-16(2)5-4-6-16/h8-9,11,17H,4-7,10H2,1-3H3. The molecule has 0 bridgehead atoms. The molecule has 104 valence electrons. The average molecular weight is 261 g/mol. The van der Waals surface area contributed by atoms with Crippen LogP contribution in [0.4, 0.5) is 0 Å². The van der Waals surface area contributed by atoms with Crippen molar-refractivity contribution in [2.24, 2.45) is 0 Å². The fourth-order valence-corrected chi connectivity index (χ4v) is 3.00.